The second-order valence-corrected chi connectivity index (χ2v) is 18.2. The number of aliphatic hydroxyl groups is 7. The van der Waals surface area contributed by atoms with Crippen molar-refractivity contribution in [2.75, 3.05) is 13.2 Å². The number of nitrogens with one attached hydrogen (secondary N) is 1. The van der Waals surface area contributed by atoms with Crippen LogP contribution in [0.4, 0.5) is 0 Å². The summed E-state index contributed by atoms with van der Waals surface area (Å²) in [7, 11) is 0. The SMILES string of the molecule is CCCCCCC/C=C/CC/C=C/CC/C=C/CCCC(O)C(O)C(COC1OC(CO)C(O)C(O)C1O)NC(=O)C(O)CCCCCCCC/C=C\CCCCCCCCCCC. The highest BCUT2D eigenvalue weighted by Crippen LogP contribution is 2.23. The number of aliphatic hydroxyl groups excluding tert-OH is 7. The fourth-order valence-electron chi connectivity index (χ4n) is 8.00. The summed E-state index contributed by atoms with van der Waals surface area (Å²) in [5, 5.41) is 75.9. The first-order valence-corrected chi connectivity index (χ1v) is 26.0. The molecule has 1 aliphatic rings. The maximum absolute atomic E-state index is 13.1. The molecule has 11 nitrogen and oxygen atoms in total. The molecule has 1 heterocycles. The lowest BCUT2D eigenvalue weighted by atomic mass is 9.98. The van der Waals surface area contributed by atoms with E-state index >= 15 is 0 Å². The molecule has 8 N–H and O–H groups in total. The Balaban J connectivity index is 2.44. The van der Waals surface area contributed by atoms with E-state index in [1.165, 1.54) is 103 Å². The molecule has 9 atom stereocenters. The zero-order chi connectivity index (χ0) is 46.9. The normalized spacial score (nSPS) is 21.4. The lowest BCUT2D eigenvalue weighted by Crippen LogP contribution is -2.60. The topological polar surface area (TPSA) is 189 Å². The van der Waals surface area contributed by atoms with E-state index in [9.17, 15) is 40.5 Å². The van der Waals surface area contributed by atoms with Crippen LogP contribution in [0.5, 0.6) is 0 Å². The second-order valence-electron chi connectivity index (χ2n) is 18.2. The van der Waals surface area contributed by atoms with Gasteiger partial charge in [-0.3, -0.25) is 4.79 Å². The van der Waals surface area contributed by atoms with Crippen molar-refractivity contribution in [2.45, 2.75) is 268 Å². The molecule has 0 aromatic rings. The quantitative estimate of drug-likeness (QED) is 0.0216. The summed E-state index contributed by atoms with van der Waals surface area (Å²) in [6, 6.07) is -1.20. The fraction of sp³-hybridized carbons (Fsp3) is 0.830. The maximum Gasteiger partial charge on any atom is 0.249 e. The molecule has 9 unspecified atom stereocenters. The van der Waals surface area contributed by atoms with E-state index in [0.29, 0.717) is 19.3 Å². The average Bonchev–Trinajstić information content (AvgIpc) is 3.29. The number of carbonyl (C=O) groups is 1. The van der Waals surface area contributed by atoms with Gasteiger partial charge in [0.1, 0.15) is 36.6 Å². The van der Waals surface area contributed by atoms with Crippen LogP contribution < -0.4 is 5.32 Å². The predicted octanol–water partition coefficient (Wildman–Crippen LogP) is 9.73. The van der Waals surface area contributed by atoms with Gasteiger partial charge in [-0.2, -0.15) is 0 Å². The van der Waals surface area contributed by atoms with Gasteiger partial charge < -0.3 is 50.5 Å². The summed E-state index contributed by atoms with van der Waals surface area (Å²) in [4.78, 5) is 13.1. The zero-order valence-electron chi connectivity index (χ0n) is 40.5. The molecule has 0 bridgehead atoms. The van der Waals surface area contributed by atoms with E-state index in [-0.39, 0.29) is 12.8 Å². The number of unbranched alkanes of at least 4 members (excludes halogenated alkanes) is 23. The third-order valence-corrected chi connectivity index (χ3v) is 12.3. The summed E-state index contributed by atoms with van der Waals surface area (Å²) in [5.74, 6) is -0.718. The Morgan fingerprint density at radius 3 is 1.39 bits per heavy atom. The number of hydrogen-bond donors (Lipinski definition) is 8. The van der Waals surface area contributed by atoms with Crippen molar-refractivity contribution < 1.29 is 50.0 Å². The third kappa shape index (κ3) is 31.1. The molecule has 64 heavy (non-hydrogen) atoms. The van der Waals surface area contributed by atoms with E-state index in [4.69, 9.17) is 9.47 Å². The molecule has 0 spiro atoms. The summed E-state index contributed by atoms with van der Waals surface area (Å²) in [5.41, 5.74) is 0. The van der Waals surface area contributed by atoms with Gasteiger partial charge in [-0.05, 0) is 89.9 Å². The number of carbonyl (C=O) groups excluding carboxylic acids is 1. The van der Waals surface area contributed by atoms with E-state index in [1.54, 1.807) is 0 Å². The Labute approximate surface area is 389 Å². The van der Waals surface area contributed by atoms with Crippen molar-refractivity contribution in [3.63, 3.8) is 0 Å². The second kappa shape index (κ2) is 42.4. The first-order chi connectivity index (χ1) is 31.2. The van der Waals surface area contributed by atoms with Crippen molar-refractivity contribution in [3.8, 4) is 0 Å². The highest BCUT2D eigenvalue weighted by Gasteiger charge is 2.44. The van der Waals surface area contributed by atoms with E-state index in [1.807, 2.05) is 0 Å². The van der Waals surface area contributed by atoms with Crippen LogP contribution in [0.25, 0.3) is 0 Å². The average molecular weight is 908 g/mol. The van der Waals surface area contributed by atoms with Crippen LogP contribution in [0.1, 0.15) is 213 Å². The third-order valence-electron chi connectivity index (χ3n) is 12.3. The van der Waals surface area contributed by atoms with Gasteiger partial charge in [0.2, 0.25) is 5.91 Å². The smallest absolute Gasteiger partial charge is 0.249 e. The first-order valence-electron chi connectivity index (χ1n) is 26.0. The first kappa shape index (κ1) is 60.1. The van der Waals surface area contributed by atoms with Crippen molar-refractivity contribution in [3.05, 3.63) is 48.6 Å². The Hall–Kier alpha value is -1.93. The molecule has 1 amide bonds. The Kier molecular flexibility index (Phi) is 39.8. The summed E-state index contributed by atoms with van der Waals surface area (Å²) >= 11 is 0. The fourth-order valence-corrected chi connectivity index (χ4v) is 8.00. The highest BCUT2D eigenvalue weighted by atomic mass is 16.7. The molecule has 0 aromatic heterocycles. The maximum atomic E-state index is 13.1. The van der Waals surface area contributed by atoms with Crippen LogP contribution in [-0.2, 0) is 14.3 Å². The van der Waals surface area contributed by atoms with Crippen molar-refractivity contribution >= 4 is 5.91 Å². The minimum atomic E-state index is -1.67. The highest BCUT2D eigenvalue weighted by molar-refractivity contribution is 5.80. The lowest BCUT2D eigenvalue weighted by Gasteiger charge is -2.40. The molecule has 0 saturated carbocycles. The summed E-state index contributed by atoms with van der Waals surface area (Å²) < 4.78 is 11.1. The minimum absolute atomic E-state index is 0.238. The molecule has 11 heteroatoms. The van der Waals surface area contributed by atoms with Gasteiger partial charge in [-0.1, -0.05) is 172 Å². The van der Waals surface area contributed by atoms with E-state index in [0.717, 1.165) is 64.2 Å². The molecule has 0 aromatic carbocycles. The van der Waals surface area contributed by atoms with Crippen LogP contribution >= 0.6 is 0 Å². The van der Waals surface area contributed by atoms with Crippen molar-refractivity contribution in [1.29, 1.82) is 0 Å². The summed E-state index contributed by atoms with van der Waals surface area (Å²) in [6.07, 6.45) is 40.1. The van der Waals surface area contributed by atoms with E-state index in [2.05, 4.69) is 67.8 Å². The molecule has 1 aliphatic heterocycles. The monoisotopic (exact) mass is 908 g/mol. The predicted molar refractivity (Wildman–Crippen MR) is 261 cm³/mol. The van der Waals surface area contributed by atoms with E-state index < -0.39 is 74.2 Å². The van der Waals surface area contributed by atoms with Crippen molar-refractivity contribution in [1.82, 2.24) is 5.32 Å². The molecular formula is C53H97NO10. The molecule has 0 aliphatic carbocycles. The number of rotatable bonds is 43. The molecule has 0 radical (unpaired) electrons. The minimum Gasteiger partial charge on any atom is -0.394 e. The van der Waals surface area contributed by atoms with Gasteiger partial charge in [0, 0.05) is 0 Å². The Bertz CT molecular complexity index is 1180. The van der Waals surface area contributed by atoms with Crippen LogP contribution in [0, 0.1) is 0 Å². The van der Waals surface area contributed by atoms with Gasteiger partial charge >= 0.3 is 0 Å². The number of allylic oxidation sites excluding steroid dienone is 8. The van der Waals surface area contributed by atoms with Crippen LogP contribution in [-0.4, -0.2) is 110 Å². The zero-order valence-corrected chi connectivity index (χ0v) is 40.5. The molecule has 374 valence electrons. The Morgan fingerprint density at radius 2 is 0.938 bits per heavy atom. The van der Waals surface area contributed by atoms with Crippen LogP contribution in [0.15, 0.2) is 48.6 Å². The van der Waals surface area contributed by atoms with Gasteiger partial charge in [0.05, 0.1) is 25.4 Å². The molecular weight excluding hydrogens is 811 g/mol. The van der Waals surface area contributed by atoms with Crippen LogP contribution in [0.3, 0.4) is 0 Å². The molecule has 1 saturated heterocycles. The largest absolute Gasteiger partial charge is 0.394 e. The lowest BCUT2D eigenvalue weighted by molar-refractivity contribution is -0.303. The summed E-state index contributed by atoms with van der Waals surface area (Å²) in [6.45, 7) is 3.41. The van der Waals surface area contributed by atoms with Gasteiger partial charge in [0.25, 0.3) is 0 Å². The van der Waals surface area contributed by atoms with Gasteiger partial charge in [-0.25, -0.2) is 0 Å². The van der Waals surface area contributed by atoms with Crippen LogP contribution in [0.2, 0.25) is 0 Å². The van der Waals surface area contributed by atoms with Gasteiger partial charge in [0.15, 0.2) is 6.29 Å². The van der Waals surface area contributed by atoms with Gasteiger partial charge in [-0.15, -0.1) is 0 Å². The molecule has 1 rings (SSSR count). The molecule has 1 fully saturated rings. The number of amides is 1. The van der Waals surface area contributed by atoms with Crippen molar-refractivity contribution in [2.24, 2.45) is 0 Å². The standard InChI is InChI=1S/C53H97NO10/c1-3-5-7-9-11-13-15-17-19-21-23-25-27-29-31-33-35-37-39-41-46(57)52(62)54-44(43-63-53-51(61)50(60)49(59)47(42-55)64-53)48(58)45(56)40-38-36-34-32-30-28-26-24-22-20-18-16-14-12-10-8-6-4-2/h16,18,23-26,32,34,44-51,53,55-61H,3-15,17,19-22,27-31,33,35-43H2,1-2H3,(H,54,62)/b18-16+,25-23-,26-24+,34-32+. The number of ether oxygens (including phenoxy) is 2. The Morgan fingerprint density at radius 1 is 0.531 bits per heavy atom. The number of hydrogen-bond acceptors (Lipinski definition) is 10.